The lowest BCUT2D eigenvalue weighted by Crippen LogP contribution is -2.20. The Morgan fingerprint density at radius 2 is 1.70 bits per heavy atom. The van der Waals surface area contributed by atoms with Gasteiger partial charge in [0, 0.05) is 24.9 Å². The van der Waals surface area contributed by atoms with E-state index in [1.165, 1.54) is 12.1 Å². The van der Waals surface area contributed by atoms with Crippen molar-refractivity contribution >= 4 is 11.4 Å². The molecule has 0 radical (unpaired) electrons. The lowest BCUT2D eigenvalue weighted by Gasteiger charge is -2.19. The van der Waals surface area contributed by atoms with Crippen molar-refractivity contribution in [1.82, 2.24) is 4.90 Å². The van der Waals surface area contributed by atoms with Gasteiger partial charge in [0.05, 0.1) is 5.56 Å². The van der Waals surface area contributed by atoms with Crippen molar-refractivity contribution in [2.75, 3.05) is 19.7 Å². The minimum absolute atomic E-state index is 0.195. The molecule has 0 heterocycles. The van der Waals surface area contributed by atoms with E-state index in [0.717, 1.165) is 12.1 Å². The fraction of sp³-hybridized carbons (Fsp3) is 0.286. The van der Waals surface area contributed by atoms with Crippen LogP contribution in [0.1, 0.15) is 25.0 Å². The van der Waals surface area contributed by atoms with Gasteiger partial charge in [-0.15, -0.1) is 0 Å². The molecular weight excluding hydrogens is 355 g/mol. The molecule has 0 aromatic heterocycles. The van der Waals surface area contributed by atoms with Crippen molar-refractivity contribution in [2.45, 2.75) is 20.0 Å². The maximum absolute atomic E-state index is 13.1. The minimum atomic E-state index is -4.47. The van der Waals surface area contributed by atoms with Gasteiger partial charge in [0.15, 0.2) is 6.61 Å². The molecule has 0 unspecified atom stereocenters. The Labute approximate surface area is 157 Å². The van der Waals surface area contributed by atoms with Gasteiger partial charge >= 0.3 is 6.18 Å². The summed E-state index contributed by atoms with van der Waals surface area (Å²) in [7, 11) is 0. The van der Waals surface area contributed by atoms with E-state index < -0.39 is 11.7 Å². The summed E-state index contributed by atoms with van der Waals surface area (Å²) in [6.45, 7) is 4.83. The van der Waals surface area contributed by atoms with Crippen molar-refractivity contribution in [3.8, 4) is 5.75 Å². The highest BCUT2D eigenvalue weighted by atomic mass is 19.4. The zero-order valence-electron chi connectivity index (χ0n) is 15.3. The number of ketones is 1. The lowest BCUT2D eigenvalue weighted by molar-refractivity contribution is -0.137. The first-order chi connectivity index (χ1) is 12.8. The van der Waals surface area contributed by atoms with Gasteiger partial charge in [-0.25, -0.2) is 0 Å². The maximum Gasteiger partial charge on any atom is 0.416 e. The molecule has 0 bridgehead atoms. The Morgan fingerprint density at radius 3 is 2.30 bits per heavy atom. The Kier molecular flexibility index (Phi) is 7.05. The molecule has 0 N–H and O–H groups in total. The Morgan fingerprint density at radius 1 is 1.04 bits per heavy atom. The predicted octanol–water partition coefficient (Wildman–Crippen LogP) is 5.04. The van der Waals surface area contributed by atoms with Crippen LogP contribution < -0.4 is 4.74 Å². The first kappa shape index (κ1) is 20.6. The van der Waals surface area contributed by atoms with E-state index in [4.69, 9.17) is 4.74 Å². The van der Waals surface area contributed by atoms with Gasteiger partial charge in [-0.1, -0.05) is 30.3 Å². The first-order valence-electron chi connectivity index (χ1n) is 8.69. The summed E-state index contributed by atoms with van der Waals surface area (Å²) in [6, 6.07) is 13.6. The summed E-state index contributed by atoms with van der Waals surface area (Å²) in [5.74, 6) is 0.141. The molecule has 0 saturated heterocycles. The standard InChI is InChI=1S/C21H22F3NO2/c1-3-25(4-2)14-19(16-9-8-10-17(13-16)21(22,23)24)20(26)15-27-18-11-6-5-7-12-18/h5-14H,3-4,15H2,1-2H3. The molecule has 0 aliphatic carbocycles. The average Bonchev–Trinajstić information content (AvgIpc) is 2.67. The first-order valence-corrected chi connectivity index (χ1v) is 8.69. The summed E-state index contributed by atoms with van der Waals surface area (Å²) in [6.07, 6.45) is -2.87. The number of nitrogens with zero attached hydrogens (tertiary/aromatic N) is 1. The summed E-state index contributed by atoms with van der Waals surface area (Å²) in [5, 5.41) is 0. The number of Topliss-reactive ketones (excluding diaryl/α,β-unsaturated/α-hetero) is 1. The van der Waals surface area contributed by atoms with Gasteiger partial charge in [-0.05, 0) is 43.7 Å². The third kappa shape index (κ3) is 5.88. The molecule has 27 heavy (non-hydrogen) atoms. The molecular formula is C21H22F3NO2. The van der Waals surface area contributed by atoms with Crippen molar-refractivity contribution in [1.29, 1.82) is 0 Å². The highest BCUT2D eigenvalue weighted by Crippen LogP contribution is 2.31. The van der Waals surface area contributed by atoms with E-state index in [1.54, 1.807) is 30.5 Å². The molecule has 0 amide bonds. The van der Waals surface area contributed by atoms with E-state index in [2.05, 4.69) is 0 Å². The quantitative estimate of drug-likeness (QED) is 0.604. The smallest absolute Gasteiger partial charge is 0.416 e. The number of para-hydroxylation sites is 1. The summed E-state index contributed by atoms with van der Waals surface area (Å²) >= 11 is 0. The number of hydrogen-bond acceptors (Lipinski definition) is 3. The van der Waals surface area contributed by atoms with Crippen molar-refractivity contribution in [3.63, 3.8) is 0 Å². The number of carbonyl (C=O) groups is 1. The normalized spacial score (nSPS) is 12.0. The summed E-state index contributed by atoms with van der Waals surface area (Å²) in [4.78, 5) is 14.6. The Bertz CT molecular complexity index is 782. The number of hydrogen-bond donors (Lipinski definition) is 0. The second-order valence-corrected chi connectivity index (χ2v) is 5.87. The second-order valence-electron chi connectivity index (χ2n) is 5.87. The third-order valence-corrected chi connectivity index (χ3v) is 4.04. The van der Waals surface area contributed by atoms with Crippen molar-refractivity contribution < 1.29 is 22.7 Å². The van der Waals surface area contributed by atoms with Crippen LogP contribution in [0.5, 0.6) is 5.75 Å². The van der Waals surface area contributed by atoms with E-state index in [-0.39, 0.29) is 23.5 Å². The number of alkyl halides is 3. The number of halogens is 3. The molecule has 0 saturated carbocycles. The second kappa shape index (κ2) is 9.26. The van der Waals surface area contributed by atoms with Crippen LogP contribution >= 0.6 is 0 Å². The number of carbonyl (C=O) groups excluding carboxylic acids is 1. The van der Waals surface area contributed by atoms with E-state index in [1.807, 2.05) is 24.8 Å². The summed E-state index contributed by atoms with van der Waals surface area (Å²) in [5.41, 5.74) is -0.374. The monoisotopic (exact) mass is 377 g/mol. The Hall–Kier alpha value is -2.76. The average molecular weight is 377 g/mol. The molecule has 6 heteroatoms. The fourth-order valence-electron chi connectivity index (χ4n) is 2.50. The molecule has 0 aliphatic heterocycles. The lowest BCUT2D eigenvalue weighted by atomic mass is 10.00. The zero-order chi connectivity index (χ0) is 19.9. The van der Waals surface area contributed by atoms with E-state index >= 15 is 0 Å². The van der Waals surface area contributed by atoms with Crippen LogP contribution in [-0.2, 0) is 11.0 Å². The molecule has 0 atom stereocenters. The van der Waals surface area contributed by atoms with Crippen LogP contribution in [0.25, 0.3) is 5.57 Å². The van der Waals surface area contributed by atoms with Gasteiger partial charge in [0.2, 0.25) is 5.78 Å². The highest BCUT2D eigenvalue weighted by molar-refractivity contribution is 6.21. The van der Waals surface area contributed by atoms with Crippen LogP contribution in [0, 0.1) is 0 Å². The molecule has 3 nitrogen and oxygen atoms in total. The van der Waals surface area contributed by atoms with Gasteiger partial charge in [-0.3, -0.25) is 4.79 Å². The van der Waals surface area contributed by atoms with Crippen molar-refractivity contribution in [2.24, 2.45) is 0 Å². The van der Waals surface area contributed by atoms with Gasteiger partial charge < -0.3 is 9.64 Å². The van der Waals surface area contributed by atoms with Crippen LogP contribution in [0.3, 0.4) is 0 Å². The summed E-state index contributed by atoms with van der Waals surface area (Å²) < 4.78 is 44.7. The molecule has 2 rings (SSSR count). The maximum atomic E-state index is 13.1. The number of ether oxygens (including phenoxy) is 1. The van der Waals surface area contributed by atoms with Crippen LogP contribution in [0.15, 0.2) is 60.8 Å². The van der Waals surface area contributed by atoms with Crippen LogP contribution in [-0.4, -0.2) is 30.4 Å². The van der Waals surface area contributed by atoms with Gasteiger partial charge in [-0.2, -0.15) is 13.2 Å². The zero-order valence-corrected chi connectivity index (χ0v) is 15.3. The predicted molar refractivity (Wildman–Crippen MR) is 99.3 cm³/mol. The van der Waals surface area contributed by atoms with Gasteiger partial charge in [0.25, 0.3) is 0 Å². The highest BCUT2D eigenvalue weighted by Gasteiger charge is 2.31. The van der Waals surface area contributed by atoms with Crippen molar-refractivity contribution in [3.05, 3.63) is 71.9 Å². The fourth-order valence-corrected chi connectivity index (χ4v) is 2.50. The molecule has 2 aromatic rings. The number of rotatable bonds is 8. The topological polar surface area (TPSA) is 29.5 Å². The third-order valence-electron chi connectivity index (χ3n) is 4.04. The van der Waals surface area contributed by atoms with E-state index in [9.17, 15) is 18.0 Å². The molecule has 0 aliphatic rings. The largest absolute Gasteiger partial charge is 0.485 e. The molecule has 144 valence electrons. The molecule has 2 aromatic carbocycles. The van der Waals surface area contributed by atoms with Crippen LogP contribution in [0.2, 0.25) is 0 Å². The van der Waals surface area contributed by atoms with E-state index in [0.29, 0.717) is 18.8 Å². The SMILES string of the molecule is CCN(C=C(C(=O)COc1ccccc1)c1cccc(C(F)(F)F)c1)CC. The molecule has 0 fully saturated rings. The Balaban J connectivity index is 2.32. The van der Waals surface area contributed by atoms with Crippen LogP contribution in [0.4, 0.5) is 13.2 Å². The molecule has 0 spiro atoms. The minimum Gasteiger partial charge on any atom is -0.485 e. The van der Waals surface area contributed by atoms with Gasteiger partial charge in [0.1, 0.15) is 5.75 Å². The number of benzene rings is 2.